The number of anilines is 1. The van der Waals surface area contributed by atoms with Crippen LogP contribution in [0, 0.1) is 6.92 Å². The second kappa shape index (κ2) is 5.91. The second-order valence-electron chi connectivity index (χ2n) is 4.00. The molecule has 0 unspecified atom stereocenters. The van der Waals surface area contributed by atoms with Gasteiger partial charge in [0, 0.05) is 12.4 Å². The van der Waals surface area contributed by atoms with Crippen LogP contribution in [0.1, 0.15) is 16.2 Å². The van der Waals surface area contributed by atoms with Gasteiger partial charge in [-0.05, 0) is 6.92 Å². The second-order valence-corrected chi connectivity index (χ2v) is 4.00. The normalized spacial score (nSPS) is 10.1. The number of carbonyl (C=O) groups is 2. The van der Waals surface area contributed by atoms with E-state index in [2.05, 4.69) is 25.1 Å². The van der Waals surface area contributed by atoms with E-state index in [1.807, 2.05) is 0 Å². The van der Waals surface area contributed by atoms with Crippen molar-refractivity contribution in [3.05, 3.63) is 36.2 Å². The summed E-state index contributed by atoms with van der Waals surface area (Å²) in [6, 6.07) is 0. The summed E-state index contributed by atoms with van der Waals surface area (Å²) in [5.41, 5.74) is 1.39. The Hall–Kier alpha value is -2.77. The summed E-state index contributed by atoms with van der Waals surface area (Å²) >= 11 is 0. The van der Waals surface area contributed by atoms with E-state index in [-0.39, 0.29) is 12.2 Å². The van der Waals surface area contributed by atoms with Gasteiger partial charge in [-0.25, -0.2) is 4.98 Å². The van der Waals surface area contributed by atoms with Crippen molar-refractivity contribution < 1.29 is 14.3 Å². The standard InChI is InChI=1S/C12H13N5O3/c1-8-3-14-10(5-13-8)12(19)16-9-4-15-17(6-9)7-11(18)20-2/h3-6H,7H2,1-2H3,(H,16,19). The smallest absolute Gasteiger partial charge is 0.327 e. The first-order valence-electron chi connectivity index (χ1n) is 5.78. The molecule has 2 rings (SSSR count). The summed E-state index contributed by atoms with van der Waals surface area (Å²) in [5.74, 6) is -0.814. The molecule has 8 nitrogen and oxygen atoms in total. The molecular weight excluding hydrogens is 262 g/mol. The van der Waals surface area contributed by atoms with E-state index in [0.29, 0.717) is 5.69 Å². The molecule has 0 aliphatic rings. The summed E-state index contributed by atoms with van der Waals surface area (Å²) in [7, 11) is 1.30. The summed E-state index contributed by atoms with van der Waals surface area (Å²) in [4.78, 5) is 30.9. The zero-order valence-corrected chi connectivity index (χ0v) is 11.0. The Morgan fingerprint density at radius 2 is 2.10 bits per heavy atom. The molecular formula is C12H13N5O3. The van der Waals surface area contributed by atoms with Crippen LogP contribution in [0.3, 0.4) is 0 Å². The summed E-state index contributed by atoms with van der Waals surface area (Å²) in [5, 5.41) is 6.54. The van der Waals surface area contributed by atoms with E-state index in [0.717, 1.165) is 5.69 Å². The highest BCUT2D eigenvalue weighted by atomic mass is 16.5. The van der Waals surface area contributed by atoms with Crippen LogP contribution in [-0.2, 0) is 16.1 Å². The number of nitrogens with one attached hydrogen (secondary N) is 1. The predicted molar refractivity (Wildman–Crippen MR) is 69.0 cm³/mol. The van der Waals surface area contributed by atoms with Gasteiger partial charge in [-0.3, -0.25) is 19.3 Å². The quantitative estimate of drug-likeness (QED) is 0.811. The van der Waals surface area contributed by atoms with Crippen molar-refractivity contribution in [3.8, 4) is 0 Å². The number of rotatable bonds is 4. The number of nitrogens with zero attached hydrogens (tertiary/aromatic N) is 4. The molecule has 0 aromatic carbocycles. The number of methoxy groups -OCH3 is 1. The lowest BCUT2D eigenvalue weighted by Crippen LogP contribution is -2.14. The Morgan fingerprint density at radius 3 is 2.75 bits per heavy atom. The first-order valence-corrected chi connectivity index (χ1v) is 5.78. The zero-order chi connectivity index (χ0) is 14.5. The maximum atomic E-state index is 11.9. The molecule has 0 aliphatic heterocycles. The van der Waals surface area contributed by atoms with Crippen LogP contribution < -0.4 is 5.32 Å². The van der Waals surface area contributed by atoms with E-state index < -0.39 is 11.9 Å². The number of carbonyl (C=O) groups excluding carboxylic acids is 2. The van der Waals surface area contributed by atoms with Gasteiger partial charge in [-0.1, -0.05) is 0 Å². The Balaban J connectivity index is 2.01. The van der Waals surface area contributed by atoms with Crippen LogP contribution in [0.2, 0.25) is 0 Å². The van der Waals surface area contributed by atoms with Crippen molar-refractivity contribution in [3.63, 3.8) is 0 Å². The third kappa shape index (κ3) is 3.37. The van der Waals surface area contributed by atoms with E-state index in [1.165, 1.54) is 36.6 Å². The van der Waals surface area contributed by atoms with Gasteiger partial charge < -0.3 is 10.1 Å². The van der Waals surface area contributed by atoms with Crippen LogP contribution in [0.4, 0.5) is 5.69 Å². The molecule has 20 heavy (non-hydrogen) atoms. The van der Waals surface area contributed by atoms with Gasteiger partial charge in [-0.2, -0.15) is 5.10 Å². The van der Waals surface area contributed by atoms with Crippen molar-refractivity contribution in [2.24, 2.45) is 0 Å². The number of hydrogen-bond acceptors (Lipinski definition) is 6. The van der Waals surface area contributed by atoms with E-state index in [9.17, 15) is 9.59 Å². The molecule has 1 amide bonds. The molecule has 0 atom stereocenters. The lowest BCUT2D eigenvalue weighted by molar-refractivity contribution is -0.141. The van der Waals surface area contributed by atoms with E-state index in [4.69, 9.17) is 0 Å². The molecule has 0 fully saturated rings. The van der Waals surface area contributed by atoms with Gasteiger partial charge in [0.2, 0.25) is 0 Å². The van der Waals surface area contributed by atoms with Crippen LogP contribution in [0.5, 0.6) is 0 Å². The highest BCUT2D eigenvalue weighted by molar-refractivity contribution is 6.02. The molecule has 0 saturated heterocycles. The van der Waals surface area contributed by atoms with E-state index >= 15 is 0 Å². The Labute approximate surface area is 114 Å². The first kappa shape index (κ1) is 13.7. The number of amides is 1. The van der Waals surface area contributed by atoms with Crippen LogP contribution in [-0.4, -0.2) is 38.7 Å². The predicted octanol–water partition coefficient (Wildman–Crippen LogP) is 0.407. The Morgan fingerprint density at radius 1 is 1.30 bits per heavy atom. The minimum atomic E-state index is -0.421. The van der Waals surface area contributed by atoms with Gasteiger partial charge in [0.05, 0.1) is 30.9 Å². The van der Waals surface area contributed by atoms with Crippen LogP contribution in [0.25, 0.3) is 0 Å². The fraction of sp³-hybridized carbons (Fsp3) is 0.250. The van der Waals surface area contributed by atoms with Crippen LogP contribution >= 0.6 is 0 Å². The van der Waals surface area contributed by atoms with Gasteiger partial charge in [-0.15, -0.1) is 0 Å². The molecule has 1 N–H and O–H groups in total. The topological polar surface area (TPSA) is 99.0 Å². The number of aryl methyl sites for hydroxylation is 1. The molecule has 2 heterocycles. The summed E-state index contributed by atoms with van der Waals surface area (Å²) in [6.07, 6.45) is 5.86. The number of aromatic nitrogens is 4. The third-order valence-electron chi connectivity index (χ3n) is 2.42. The van der Waals surface area contributed by atoms with Crippen LogP contribution in [0.15, 0.2) is 24.8 Å². The molecule has 2 aromatic heterocycles. The molecule has 2 aromatic rings. The monoisotopic (exact) mass is 275 g/mol. The lowest BCUT2D eigenvalue weighted by Gasteiger charge is -2.01. The minimum absolute atomic E-state index is 0.0172. The fourth-order valence-electron chi connectivity index (χ4n) is 1.42. The first-order chi connectivity index (χ1) is 9.58. The molecule has 8 heteroatoms. The molecule has 104 valence electrons. The van der Waals surface area contributed by atoms with Crippen molar-refractivity contribution in [1.29, 1.82) is 0 Å². The maximum absolute atomic E-state index is 11.9. The molecule has 0 spiro atoms. The largest absolute Gasteiger partial charge is 0.468 e. The molecule has 0 bridgehead atoms. The number of esters is 1. The van der Waals surface area contributed by atoms with Gasteiger partial charge >= 0.3 is 5.97 Å². The Bertz CT molecular complexity index is 620. The summed E-state index contributed by atoms with van der Waals surface area (Å²) in [6.45, 7) is 1.77. The molecule has 0 aliphatic carbocycles. The molecule has 0 radical (unpaired) electrons. The van der Waals surface area contributed by atoms with Gasteiger partial charge in [0.25, 0.3) is 5.91 Å². The maximum Gasteiger partial charge on any atom is 0.327 e. The zero-order valence-electron chi connectivity index (χ0n) is 11.0. The van der Waals surface area contributed by atoms with E-state index in [1.54, 1.807) is 6.92 Å². The van der Waals surface area contributed by atoms with Crippen molar-refractivity contribution in [2.45, 2.75) is 13.5 Å². The number of hydrogen-bond donors (Lipinski definition) is 1. The Kier molecular flexibility index (Phi) is 4.04. The fourth-order valence-corrected chi connectivity index (χ4v) is 1.42. The van der Waals surface area contributed by atoms with Crippen molar-refractivity contribution in [2.75, 3.05) is 12.4 Å². The SMILES string of the molecule is COC(=O)Cn1cc(NC(=O)c2cnc(C)cn2)cn1. The third-order valence-corrected chi connectivity index (χ3v) is 2.42. The van der Waals surface area contributed by atoms with Crippen molar-refractivity contribution in [1.82, 2.24) is 19.7 Å². The highest BCUT2D eigenvalue weighted by Gasteiger charge is 2.10. The lowest BCUT2D eigenvalue weighted by atomic mass is 10.4. The minimum Gasteiger partial charge on any atom is -0.468 e. The van der Waals surface area contributed by atoms with Crippen molar-refractivity contribution >= 4 is 17.6 Å². The number of ether oxygens (including phenoxy) is 1. The van der Waals surface area contributed by atoms with Gasteiger partial charge in [0.15, 0.2) is 0 Å². The average Bonchev–Trinajstić information content (AvgIpc) is 2.86. The summed E-state index contributed by atoms with van der Waals surface area (Å²) < 4.78 is 5.88. The molecule has 0 saturated carbocycles. The highest BCUT2D eigenvalue weighted by Crippen LogP contribution is 2.07. The average molecular weight is 275 g/mol. The van der Waals surface area contributed by atoms with Gasteiger partial charge in [0.1, 0.15) is 12.2 Å².